The molecule has 1 fully saturated rings. The van der Waals surface area contributed by atoms with Crippen LogP contribution in [0.5, 0.6) is 0 Å². The second-order valence-electron chi connectivity index (χ2n) is 4.85. The Balaban J connectivity index is 2.01. The lowest BCUT2D eigenvalue weighted by Gasteiger charge is -2.28. The Bertz CT molecular complexity index is 476. The van der Waals surface area contributed by atoms with Gasteiger partial charge in [0.1, 0.15) is 0 Å². The quantitative estimate of drug-likeness (QED) is 0.783. The van der Waals surface area contributed by atoms with Crippen molar-refractivity contribution in [3.05, 3.63) is 27.7 Å². The van der Waals surface area contributed by atoms with Crippen LogP contribution in [0.1, 0.15) is 25.7 Å². The number of carbonyl (C=O) groups is 1. The maximum Gasteiger partial charge on any atom is 0.319 e. The lowest BCUT2D eigenvalue weighted by atomic mass is 9.99. The fraction of sp³-hybridized carbons (Fsp3) is 0.462. The van der Waals surface area contributed by atoms with E-state index in [0.717, 1.165) is 30.2 Å². The number of aliphatic hydroxyl groups excluding tert-OH is 1. The number of nitrogens with one attached hydrogen (secondary N) is 2. The number of aliphatic hydroxyl groups is 1. The number of hydrogen-bond acceptors (Lipinski definition) is 2. The van der Waals surface area contributed by atoms with Gasteiger partial charge < -0.3 is 15.7 Å². The molecule has 0 saturated heterocycles. The zero-order chi connectivity index (χ0) is 13.9. The van der Waals surface area contributed by atoms with E-state index in [1.54, 1.807) is 18.2 Å². The monoisotopic (exact) mass is 346 g/mol. The highest BCUT2D eigenvalue weighted by Gasteiger charge is 2.34. The Labute approximate surface area is 125 Å². The molecule has 0 aromatic heterocycles. The Kier molecular flexibility index (Phi) is 4.71. The highest BCUT2D eigenvalue weighted by Crippen LogP contribution is 2.30. The molecule has 0 atom stereocenters. The van der Waals surface area contributed by atoms with Crippen LogP contribution in [-0.2, 0) is 0 Å². The second-order valence-corrected chi connectivity index (χ2v) is 6.14. The Morgan fingerprint density at radius 3 is 2.68 bits per heavy atom. The number of anilines is 1. The molecule has 0 spiro atoms. The smallest absolute Gasteiger partial charge is 0.319 e. The van der Waals surface area contributed by atoms with Gasteiger partial charge in [-0.05, 0) is 47.0 Å². The summed E-state index contributed by atoms with van der Waals surface area (Å²) in [6, 6.07) is 4.85. The molecule has 1 aliphatic carbocycles. The van der Waals surface area contributed by atoms with Gasteiger partial charge in [-0.2, -0.15) is 0 Å². The van der Waals surface area contributed by atoms with Gasteiger partial charge in [0, 0.05) is 9.50 Å². The van der Waals surface area contributed by atoms with Crippen molar-refractivity contribution in [3.8, 4) is 0 Å². The SMILES string of the molecule is O=C(Nc1ccc(Cl)cc1Br)NC1(CO)CCCC1. The summed E-state index contributed by atoms with van der Waals surface area (Å²) < 4.78 is 0.722. The average Bonchev–Trinajstić information content (AvgIpc) is 2.82. The third-order valence-electron chi connectivity index (χ3n) is 3.42. The number of benzene rings is 1. The van der Waals surface area contributed by atoms with E-state index in [1.165, 1.54) is 0 Å². The minimum Gasteiger partial charge on any atom is -0.394 e. The summed E-state index contributed by atoms with van der Waals surface area (Å²) >= 11 is 9.19. The second kappa shape index (κ2) is 6.11. The van der Waals surface area contributed by atoms with Gasteiger partial charge in [0.2, 0.25) is 0 Å². The van der Waals surface area contributed by atoms with Gasteiger partial charge in [-0.3, -0.25) is 0 Å². The molecule has 3 N–H and O–H groups in total. The molecule has 4 nitrogen and oxygen atoms in total. The van der Waals surface area contributed by atoms with Crippen LogP contribution >= 0.6 is 27.5 Å². The van der Waals surface area contributed by atoms with Gasteiger partial charge in [-0.25, -0.2) is 4.79 Å². The van der Waals surface area contributed by atoms with Crippen LogP contribution in [0.25, 0.3) is 0 Å². The van der Waals surface area contributed by atoms with Gasteiger partial charge in [0.05, 0.1) is 17.8 Å². The van der Waals surface area contributed by atoms with Crippen molar-refractivity contribution in [1.29, 1.82) is 0 Å². The lowest BCUT2D eigenvalue weighted by molar-refractivity contribution is 0.167. The van der Waals surface area contributed by atoms with E-state index in [2.05, 4.69) is 26.6 Å². The first-order valence-corrected chi connectivity index (χ1v) is 7.37. The topological polar surface area (TPSA) is 61.4 Å². The van der Waals surface area contributed by atoms with E-state index in [1.807, 2.05) is 0 Å². The fourth-order valence-electron chi connectivity index (χ4n) is 2.36. The maximum atomic E-state index is 12.0. The highest BCUT2D eigenvalue weighted by molar-refractivity contribution is 9.10. The van der Waals surface area contributed by atoms with E-state index in [4.69, 9.17) is 11.6 Å². The molecule has 0 radical (unpaired) electrons. The summed E-state index contributed by atoms with van der Waals surface area (Å²) in [5.74, 6) is 0. The van der Waals surface area contributed by atoms with Crippen LogP contribution in [-0.4, -0.2) is 23.3 Å². The third kappa shape index (κ3) is 3.61. The van der Waals surface area contributed by atoms with Crippen molar-refractivity contribution in [2.75, 3.05) is 11.9 Å². The summed E-state index contributed by atoms with van der Waals surface area (Å²) in [4.78, 5) is 12.0. The third-order valence-corrected chi connectivity index (χ3v) is 4.31. The predicted octanol–water partition coefficient (Wildman–Crippen LogP) is 3.53. The number of amides is 2. The molecule has 2 rings (SSSR count). The molecule has 19 heavy (non-hydrogen) atoms. The number of halogens is 2. The lowest BCUT2D eigenvalue weighted by Crippen LogP contribution is -2.50. The molecule has 6 heteroatoms. The number of carbonyl (C=O) groups excluding carboxylic acids is 1. The van der Waals surface area contributed by atoms with E-state index < -0.39 is 5.54 Å². The number of hydrogen-bond donors (Lipinski definition) is 3. The number of urea groups is 1. The zero-order valence-corrected chi connectivity index (χ0v) is 12.7. The molecular formula is C13H16BrClN2O2. The van der Waals surface area contributed by atoms with Crippen LogP contribution in [0.15, 0.2) is 22.7 Å². The zero-order valence-electron chi connectivity index (χ0n) is 10.4. The number of rotatable bonds is 3. The van der Waals surface area contributed by atoms with Gasteiger partial charge in [-0.15, -0.1) is 0 Å². The molecule has 0 aliphatic heterocycles. The van der Waals surface area contributed by atoms with E-state index in [-0.39, 0.29) is 12.6 Å². The molecule has 2 amide bonds. The fourth-order valence-corrected chi connectivity index (χ4v) is 3.14. The molecule has 104 valence electrons. The van der Waals surface area contributed by atoms with Crippen molar-refractivity contribution in [2.45, 2.75) is 31.2 Å². The molecule has 1 aromatic rings. The van der Waals surface area contributed by atoms with Crippen molar-refractivity contribution in [3.63, 3.8) is 0 Å². The van der Waals surface area contributed by atoms with Crippen LogP contribution < -0.4 is 10.6 Å². The summed E-state index contributed by atoms with van der Waals surface area (Å²) in [5.41, 5.74) is 0.177. The van der Waals surface area contributed by atoms with Gasteiger partial charge in [-0.1, -0.05) is 24.4 Å². The van der Waals surface area contributed by atoms with E-state index in [9.17, 15) is 9.90 Å². The van der Waals surface area contributed by atoms with Crippen molar-refractivity contribution in [2.24, 2.45) is 0 Å². The predicted molar refractivity (Wildman–Crippen MR) is 79.6 cm³/mol. The van der Waals surface area contributed by atoms with Crippen molar-refractivity contribution >= 4 is 39.2 Å². The largest absolute Gasteiger partial charge is 0.394 e. The Morgan fingerprint density at radius 1 is 1.42 bits per heavy atom. The average molecular weight is 348 g/mol. The minimum atomic E-state index is -0.469. The summed E-state index contributed by atoms with van der Waals surface area (Å²) in [6.07, 6.45) is 3.70. The first-order chi connectivity index (χ1) is 9.04. The molecule has 0 bridgehead atoms. The molecule has 0 unspecified atom stereocenters. The normalized spacial score (nSPS) is 17.2. The highest BCUT2D eigenvalue weighted by atomic mass is 79.9. The van der Waals surface area contributed by atoms with Crippen LogP contribution in [0, 0.1) is 0 Å². The van der Waals surface area contributed by atoms with Gasteiger partial charge in [0.25, 0.3) is 0 Å². The van der Waals surface area contributed by atoms with Crippen molar-refractivity contribution in [1.82, 2.24) is 5.32 Å². The van der Waals surface area contributed by atoms with Crippen LogP contribution in [0.3, 0.4) is 0 Å². The van der Waals surface area contributed by atoms with E-state index >= 15 is 0 Å². The van der Waals surface area contributed by atoms with Crippen LogP contribution in [0.2, 0.25) is 5.02 Å². The van der Waals surface area contributed by atoms with Crippen LogP contribution in [0.4, 0.5) is 10.5 Å². The molecule has 1 aliphatic rings. The van der Waals surface area contributed by atoms with Crippen molar-refractivity contribution < 1.29 is 9.90 Å². The molecule has 1 saturated carbocycles. The molecule has 1 aromatic carbocycles. The summed E-state index contributed by atoms with van der Waals surface area (Å²) in [5, 5.41) is 15.7. The summed E-state index contributed by atoms with van der Waals surface area (Å²) in [6.45, 7) is -0.0256. The first-order valence-electron chi connectivity index (χ1n) is 6.20. The molecular weight excluding hydrogens is 332 g/mol. The minimum absolute atomic E-state index is 0.0256. The van der Waals surface area contributed by atoms with Gasteiger partial charge >= 0.3 is 6.03 Å². The first kappa shape index (κ1) is 14.6. The Hall–Kier alpha value is -0.780. The standard InChI is InChI=1S/C13H16BrClN2O2/c14-10-7-9(15)3-4-11(10)16-12(19)17-13(8-18)5-1-2-6-13/h3-4,7,18H,1-2,5-6,8H2,(H2,16,17,19). The Morgan fingerprint density at radius 2 is 2.11 bits per heavy atom. The van der Waals surface area contributed by atoms with E-state index in [0.29, 0.717) is 10.7 Å². The summed E-state index contributed by atoms with van der Waals surface area (Å²) in [7, 11) is 0. The molecule has 0 heterocycles. The van der Waals surface area contributed by atoms with Gasteiger partial charge in [0.15, 0.2) is 0 Å². The maximum absolute atomic E-state index is 12.0.